The number of thiophene rings is 1. The molecule has 1 aromatic heterocycles. The number of benzene rings is 1. The Morgan fingerprint density at radius 3 is 2.63 bits per heavy atom. The van der Waals surface area contributed by atoms with Crippen molar-refractivity contribution in [2.24, 2.45) is 0 Å². The van der Waals surface area contributed by atoms with Crippen LogP contribution in [0.3, 0.4) is 0 Å². The molecule has 2 rings (SSSR count). The van der Waals surface area contributed by atoms with Gasteiger partial charge in [0, 0.05) is 11.8 Å². The lowest BCUT2D eigenvalue weighted by Crippen LogP contribution is -2.12. The summed E-state index contributed by atoms with van der Waals surface area (Å²) in [6, 6.07) is 7.93. The van der Waals surface area contributed by atoms with Crippen molar-refractivity contribution in [3.63, 3.8) is 0 Å². The lowest BCUT2D eigenvalue weighted by Gasteiger charge is -2.11. The Bertz CT molecular complexity index is 698. The third kappa shape index (κ3) is 3.20. The number of ether oxygens (including phenoxy) is 1. The van der Waals surface area contributed by atoms with E-state index in [1.54, 1.807) is 24.3 Å². The quantitative estimate of drug-likeness (QED) is 0.819. The van der Waals surface area contributed by atoms with Crippen LogP contribution in [0.25, 0.3) is 0 Å². The van der Waals surface area contributed by atoms with Crippen LogP contribution in [-0.2, 0) is 10.0 Å². The van der Waals surface area contributed by atoms with Crippen molar-refractivity contribution >= 4 is 48.7 Å². The molecule has 0 spiro atoms. The number of methoxy groups -OCH3 is 1. The predicted molar refractivity (Wildman–Crippen MR) is 80.2 cm³/mol. The van der Waals surface area contributed by atoms with Gasteiger partial charge in [0.15, 0.2) is 0 Å². The highest BCUT2D eigenvalue weighted by Gasteiger charge is 2.18. The monoisotopic (exact) mass is 362 g/mol. The van der Waals surface area contributed by atoms with E-state index >= 15 is 0 Å². The average Bonchev–Trinajstić information content (AvgIpc) is 2.79. The molecule has 0 amide bonds. The maximum atomic E-state index is 12.2. The Kier molecular flexibility index (Phi) is 4.02. The molecule has 0 bridgehead atoms. The third-order valence-electron chi connectivity index (χ3n) is 2.28. The second-order valence-electron chi connectivity index (χ2n) is 3.62. The van der Waals surface area contributed by atoms with Gasteiger partial charge in [-0.25, -0.2) is 8.42 Å². The Balaban J connectivity index is 2.35. The van der Waals surface area contributed by atoms with Crippen molar-refractivity contribution in [1.82, 2.24) is 0 Å². The molecule has 0 saturated carbocycles. The van der Waals surface area contributed by atoms with Crippen molar-refractivity contribution < 1.29 is 13.2 Å². The summed E-state index contributed by atoms with van der Waals surface area (Å²) < 4.78 is 32.9. The number of hydrogen-bond acceptors (Lipinski definition) is 5. The molecule has 0 aliphatic heterocycles. The number of sulfonamides is 1. The number of halogens is 1. The van der Waals surface area contributed by atoms with Crippen LogP contribution in [0.4, 0.5) is 11.4 Å². The summed E-state index contributed by atoms with van der Waals surface area (Å²) in [5.74, 6) is 0.374. The van der Waals surface area contributed by atoms with Crippen LogP contribution in [0.1, 0.15) is 0 Å². The molecule has 2 aromatic rings. The first-order valence-electron chi connectivity index (χ1n) is 5.14. The molecule has 1 aromatic carbocycles. The van der Waals surface area contributed by atoms with E-state index in [0.29, 0.717) is 17.1 Å². The summed E-state index contributed by atoms with van der Waals surface area (Å²) in [5, 5.41) is 0. The second-order valence-corrected chi connectivity index (χ2v) is 8.00. The highest BCUT2D eigenvalue weighted by molar-refractivity contribution is 9.11. The van der Waals surface area contributed by atoms with E-state index in [1.165, 1.54) is 13.2 Å². The average molecular weight is 363 g/mol. The summed E-state index contributed by atoms with van der Waals surface area (Å²) in [6.45, 7) is 0. The molecule has 0 aliphatic rings. The van der Waals surface area contributed by atoms with E-state index in [1.807, 2.05) is 0 Å². The standard InChI is InChI=1S/C11H11BrN2O3S2/c1-17-9-6-7(13)2-3-8(9)14-19(15,16)11-5-4-10(12)18-11/h2-6,14H,13H2,1H3. The van der Waals surface area contributed by atoms with Crippen molar-refractivity contribution in [3.05, 3.63) is 34.1 Å². The van der Waals surface area contributed by atoms with Crippen molar-refractivity contribution in [3.8, 4) is 5.75 Å². The molecule has 1 heterocycles. The fraction of sp³-hybridized carbons (Fsp3) is 0.0909. The number of hydrogen-bond donors (Lipinski definition) is 2. The maximum absolute atomic E-state index is 12.2. The van der Waals surface area contributed by atoms with Gasteiger partial charge in [0.2, 0.25) is 0 Å². The highest BCUT2D eigenvalue weighted by atomic mass is 79.9. The van der Waals surface area contributed by atoms with E-state index in [0.717, 1.165) is 15.1 Å². The lowest BCUT2D eigenvalue weighted by atomic mass is 10.2. The molecule has 0 radical (unpaired) electrons. The normalized spacial score (nSPS) is 11.3. The maximum Gasteiger partial charge on any atom is 0.271 e. The summed E-state index contributed by atoms with van der Waals surface area (Å²) in [4.78, 5) is 0. The van der Waals surface area contributed by atoms with Gasteiger partial charge in [0.25, 0.3) is 10.0 Å². The second kappa shape index (κ2) is 5.40. The van der Waals surface area contributed by atoms with E-state index in [2.05, 4.69) is 20.7 Å². The zero-order valence-corrected chi connectivity index (χ0v) is 13.1. The summed E-state index contributed by atoms with van der Waals surface area (Å²) in [7, 11) is -2.17. The molecular formula is C11H11BrN2O3S2. The minimum absolute atomic E-state index is 0.221. The number of nitrogen functional groups attached to an aromatic ring is 1. The van der Waals surface area contributed by atoms with Gasteiger partial charge < -0.3 is 10.5 Å². The van der Waals surface area contributed by atoms with Crippen LogP contribution >= 0.6 is 27.3 Å². The van der Waals surface area contributed by atoms with Gasteiger partial charge in [-0.05, 0) is 40.2 Å². The molecular weight excluding hydrogens is 352 g/mol. The molecule has 0 fully saturated rings. The van der Waals surface area contributed by atoms with Gasteiger partial charge in [0.05, 0.1) is 16.6 Å². The SMILES string of the molecule is COc1cc(N)ccc1NS(=O)(=O)c1ccc(Br)s1. The molecule has 0 atom stereocenters. The van der Waals surface area contributed by atoms with Gasteiger partial charge >= 0.3 is 0 Å². The zero-order valence-electron chi connectivity index (χ0n) is 9.88. The minimum Gasteiger partial charge on any atom is -0.494 e. The number of rotatable bonds is 4. The van der Waals surface area contributed by atoms with E-state index < -0.39 is 10.0 Å². The van der Waals surface area contributed by atoms with Crippen molar-refractivity contribution in [1.29, 1.82) is 0 Å². The van der Waals surface area contributed by atoms with Gasteiger partial charge in [-0.3, -0.25) is 4.72 Å². The van der Waals surface area contributed by atoms with Crippen LogP contribution in [0.2, 0.25) is 0 Å². The Hall–Kier alpha value is -1.25. The fourth-order valence-corrected chi connectivity index (χ4v) is 4.51. The predicted octanol–water partition coefficient (Wildman–Crippen LogP) is 2.90. The number of nitrogens with two attached hydrogens (primary N) is 1. The largest absolute Gasteiger partial charge is 0.494 e. The number of nitrogens with one attached hydrogen (secondary N) is 1. The topological polar surface area (TPSA) is 81.4 Å². The summed E-state index contributed by atoms with van der Waals surface area (Å²) >= 11 is 4.36. The smallest absolute Gasteiger partial charge is 0.271 e. The summed E-state index contributed by atoms with van der Waals surface area (Å²) in [6.07, 6.45) is 0. The first kappa shape index (κ1) is 14.2. The van der Waals surface area contributed by atoms with Crippen molar-refractivity contribution in [2.75, 3.05) is 17.6 Å². The van der Waals surface area contributed by atoms with Gasteiger partial charge in [-0.2, -0.15) is 0 Å². The first-order valence-corrected chi connectivity index (χ1v) is 8.23. The van der Waals surface area contributed by atoms with Gasteiger partial charge in [-0.15, -0.1) is 11.3 Å². The highest BCUT2D eigenvalue weighted by Crippen LogP contribution is 2.31. The van der Waals surface area contributed by atoms with Crippen LogP contribution in [0.5, 0.6) is 5.75 Å². The van der Waals surface area contributed by atoms with Crippen LogP contribution in [0.15, 0.2) is 38.3 Å². The zero-order chi connectivity index (χ0) is 14.0. The Morgan fingerprint density at radius 1 is 1.32 bits per heavy atom. The fourth-order valence-electron chi connectivity index (χ4n) is 1.43. The van der Waals surface area contributed by atoms with Crippen LogP contribution < -0.4 is 15.2 Å². The molecule has 3 N–H and O–H groups in total. The molecule has 0 saturated heterocycles. The molecule has 0 unspecified atom stereocenters. The Morgan fingerprint density at radius 2 is 2.05 bits per heavy atom. The third-order valence-corrected chi connectivity index (χ3v) is 5.76. The van der Waals surface area contributed by atoms with Crippen LogP contribution in [0, 0.1) is 0 Å². The van der Waals surface area contributed by atoms with Crippen LogP contribution in [-0.4, -0.2) is 15.5 Å². The number of anilines is 2. The molecule has 0 aliphatic carbocycles. The van der Waals surface area contributed by atoms with Gasteiger partial charge in [0.1, 0.15) is 9.96 Å². The molecule has 5 nitrogen and oxygen atoms in total. The van der Waals surface area contributed by atoms with Crippen molar-refractivity contribution in [2.45, 2.75) is 4.21 Å². The van der Waals surface area contributed by atoms with Gasteiger partial charge in [-0.1, -0.05) is 0 Å². The van der Waals surface area contributed by atoms with E-state index in [4.69, 9.17) is 10.5 Å². The summed E-state index contributed by atoms with van der Waals surface area (Å²) in [5.41, 5.74) is 6.47. The molecule has 102 valence electrons. The minimum atomic E-state index is -3.62. The first-order chi connectivity index (χ1) is 8.92. The molecule has 19 heavy (non-hydrogen) atoms. The lowest BCUT2D eigenvalue weighted by molar-refractivity contribution is 0.417. The molecule has 8 heteroatoms. The van der Waals surface area contributed by atoms with E-state index in [-0.39, 0.29) is 4.21 Å². The van der Waals surface area contributed by atoms with E-state index in [9.17, 15) is 8.42 Å². The Labute approximate surface area is 123 Å².